The monoisotopic (exact) mass is 322 g/mol. The van der Waals surface area contributed by atoms with E-state index in [1.807, 2.05) is 4.57 Å². The molecule has 0 aliphatic carbocycles. The van der Waals surface area contributed by atoms with Crippen molar-refractivity contribution in [3.63, 3.8) is 0 Å². The van der Waals surface area contributed by atoms with E-state index in [1.165, 1.54) is 11.6 Å². The number of aliphatic hydroxyl groups excluding tert-OH is 1. The van der Waals surface area contributed by atoms with Gasteiger partial charge in [0.15, 0.2) is 11.2 Å². The summed E-state index contributed by atoms with van der Waals surface area (Å²) < 4.78 is 4.32. The number of hydrogen-bond donors (Lipinski definition) is 2. The zero-order valence-corrected chi connectivity index (χ0v) is 13.6. The molecule has 8 heteroatoms. The molecule has 23 heavy (non-hydrogen) atoms. The lowest BCUT2D eigenvalue weighted by Crippen LogP contribution is -2.94. The summed E-state index contributed by atoms with van der Waals surface area (Å²) in [6.07, 6.45) is 5.07. The molecule has 3 heterocycles. The summed E-state index contributed by atoms with van der Waals surface area (Å²) >= 11 is 0. The second-order valence-corrected chi connectivity index (χ2v) is 6.36. The lowest BCUT2D eigenvalue weighted by molar-refractivity contribution is -0.705. The molecule has 0 aromatic carbocycles. The fraction of sp³-hybridized carbons (Fsp3) is 0.667. The van der Waals surface area contributed by atoms with Gasteiger partial charge in [-0.05, 0) is 19.3 Å². The second kappa shape index (κ2) is 6.29. The number of imidazole rings is 1. The van der Waals surface area contributed by atoms with Crippen molar-refractivity contribution in [2.45, 2.75) is 44.4 Å². The zero-order chi connectivity index (χ0) is 16.6. The van der Waals surface area contributed by atoms with Crippen LogP contribution in [0.5, 0.6) is 0 Å². The Bertz CT molecular complexity index is 819. The van der Waals surface area contributed by atoms with Crippen molar-refractivity contribution in [2.24, 2.45) is 14.1 Å². The first-order chi connectivity index (χ1) is 11.0. The van der Waals surface area contributed by atoms with Crippen molar-refractivity contribution in [2.75, 3.05) is 6.54 Å². The number of hydrogen-bond acceptors (Lipinski definition) is 4. The first kappa shape index (κ1) is 15.9. The molecule has 2 aromatic rings. The highest BCUT2D eigenvalue weighted by atomic mass is 16.3. The van der Waals surface area contributed by atoms with Gasteiger partial charge in [-0.15, -0.1) is 0 Å². The topological polar surface area (TPSA) is 98.7 Å². The van der Waals surface area contributed by atoms with E-state index in [1.54, 1.807) is 13.4 Å². The number of aryl methyl sites for hydroxylation is 2. The highest BCUT2D eigenvalue weighted by Crippen LogP contribution is 2.11. The molecule has 1 aliphatic rings. The Morgan fingerprint density at radius 1 is 1.35 bits per heavy atom. The van der Waals surface area contributed by atoms with E-state index >= 15 is 0 Å². The number of nitrogens with zero attached hydrogens (tertiary/aromatic N) is 4. The molecule has 0 radical (unpaired) electrons. The summed E-state index contributed by atoms with van der Waals surface area (Å²) in [6, 6.07) is 0.241. The Morgan fingerprint density at radius 2 is 2.13 bits per heavy atom. The van der Waals surface area contributed by atoms with Gasteiger partial charge >= 0.3 is 5.69 Å². The summed E-state index contributed by atoms with van der Waals surface area (Å²) in [5.74, 6) is 0. The molecule has 2 unspecified atom stereocenters. The lowest BCUT2D eigenvalue weighted by atomic mass is 9.97. The maximum absolute atomic E-state index is 12.3. The number of quaternary nitrogens is 1. The van der Waals surface area contributed by atoms with Gasteiger partial charge in [0.2, 0.25) is 0 Å². The SMILES string of the molecule is Cn1c(=O)c2c(ncn2CCCC2[NH2+]CCCC2O)n(C)c1=O. The smallest absolute Gasteiger partial charge is 0.332 e. The molecule has 2 atom stereocenters. The van der Waals surface area contributed by atoms with E-state index < -0.39 is 0 Å². The molecular formula is C15H24N5O3+. The highest BCUT2D eigenvalue weighted by molar-refractivity contribution is 5.69. The molecule has 126 valence electrons. The minimum atomic E-state index is -0.368. The van der Waals surface area contributed by atoms with Gasteiger partial charge in [0.25, 0.3) is 5.56 Å². The molecule has 2 aromatic heterocycles. The summed E-state index contributed by atoms with van der Waals surface area (Å²) in [5, 5.41) is 12.2. The van der Waals surface area contributed by atoms with Crippen molar-refractivity contribution >= 4 is 11.2 Å². The highest BCUT2D eigenvalue weighted by Gasteiger charge is 2.25. The van der Waals surface area contributed by atoms with Crippen LogP contribution < -0.4 is 16.6 Å². The van der Waals surface area contributed by atoms with E-state index in [0.29, 0.717) is 17.7 Å². The molecule has 0 spiro atoms. The largest absolute Gasteiger partial charge is 0.387 e. The maximum atomic E-state index is 12.3. The van der Waals surface area contributed by atoms with E-state index in [9.17, 15) is 14.7 Å². The van der Waals surface area contributed by atoms with Crippen LogP contribution in [0, 0.1) is 0 Å². The molecule has 0 amide bonds. The average Bonchev–Trinajstić information content (AvgIpc) is 2.97. The lowest BCUT2D eigenvalue weighted by Gasteiger charge is -2.25. The van der Waals surface area contributed by atoms with Gasteiger partial charge in [-0.2, -0.15) is 0 Å². The van der Waals surface area contributed by atoms with Crippen molar-refractivity contribution < 1.29 is 10.4 Å². The predicted octanol–water partition coefficient (Wildman–Crippen LogP) is -1.70. The van der Waals surface area contributed by atoms with Crippen LogP contribution in [-0.4, -0.2) is 42.5 Å². The third-order valence-corrected chi connectivity index (χ3v) is 4.82. The van der Waals surface area contributed by atoms with E-state index in [-0.39, 0.29) is 23.4 Å². The van der Waals surface area contributed by atoms with E-state index in [4.69, 9.17) is 0 Å². The normalized spacial score (nSPS) is 21.9. The molecule has 0 bridgehead atoms. The quantitative estimate of drug-likeness (QED) is 0.701. The van der Waals surface area contributed by atoms with Gasteiger partial charge in [-0.3, -0.25) is 13.9 Å². The first-order valence-electron chi connectivity index (χ1n) is 8.13. The fourth-order valence-corrected chi connectivity index (χ4v) is 3.40. The number of nitrogens with two attached hydrogens (primary N) is 1. The number of rotatable bonds is 4. The van der Waals surface area contributed by atoms with Crippen molar-refractivity contribution in [1.29, 1.82) is 0 Å². The molecule has 1 saturated heterocycles. The Hall–Kier alpha value is -1.93. The number of aliphatic hydroxyl groups is 1. The van der Waals surface area contributed by atoms with E-state index in [0.717, 1.165) is 36.8 Å². The molecule has 1 fully saturated rings. The van der Waals surface area contributed by atoms with Gasteiger partial charge in [-0.25, -0.2) is 9.78 Å². The van der Waals surface area contributed by atoms with Crippen LogP contribution in [0.2, 0.25) is 0 Å². The first-order valence-corrected chi connectivity index (χ1v) is 8.13. The summed E-state index contributed by atoms with van der Waals surface area (Å²) in [6.45, 7) is 1.72. The summed E-state index contributed by atoms with van der Waals surface area (Å²) in [7, 11) is 3.10. The molecule has 3 N–H and O–H groups in total. The Kier molecular flexibility index (Phi) is 4.36. The van der Waals surface area contributed by atoms with Gasteiger partial charge < -0.3 is 15.0 Å². The zero-order valence-electron chi connectivity index (χ0n) is 13.6. The van der Waals surface area contributed by atoms with Crippen LogP contribution in [0.15, 0.2) is 15.9 Å². The standard InChI is InChI=1S/C15H23N5O3/c1-18-13-12(14(22)19(2)15(18)23)20(9-17-13)8-4-5-10-11(21)6-3-7-16-10/h9-11,16,21H,3-8H2,1-2H3/p+1. The minimum Gasteiger partial charge on any atom is -0.387 e. The van der Waals surface area contributed by atoms with Crippen LogP contribution in [0.3, 0.4) is 0 Å². The fourth-order valence-electron chi connectivity index (χ4n) is 3.40. The Morgan fingerprint density at radius 3 is 2.87 bits per heavy atom. The summed E-state index contributed by atoms with van der Waals surface area (Å²) in [4.78, 5) is 28.5. The van der Waals surface area contributed by atoms with Crippen LogP contribution in [0.1, 0.15) is 25.7 Å². The minimum absolute atomic E-state index is 0.239. The Labute approximate surface area is 133 Å². The predicted molar refractivity (Wildman–Crippen MR) is 85.3 cm³/mol. The number of aromatic nitrogens is 4. The van der Waals surface area contributed by atoms with Crippen molar-refractivity contribution in [1.82, 2.24) is 18.7 Å². The Balaban J connectivity index is 1.79. The van der Waals surface area contributed by atoms with Gasteiger partial charge in [-0.1, -0.05) is 0 Å². The van der Waals surface area contributed by atoms with Crippen LogP contribution in [-0.2, 0) is 20.6 Å². The number of fused-ring (bicyclic) bond motifs is 1. The summed E-state index contributed by atoms with van der Waals surface area (Å²) in [5.41, 5.74) is 0.197. The van der Waals surface area contributed by atoms with Crippen LogP contribution >= 0.6 is 0 Å². The average molecular weight is 322 g/mol. The van der Waals surface area contributed by atoms with Crippen LogP contribution in [0.25, 0.3) is 11.2 Å². The van der Waals surface area contributed by atoms with Crippen LogP contribution in [0.4, 0.5) is 0 Å². The molecule has 0 saturated carbocycles. The second-order valence-electron chi connectivity index (χ2n) is 6.36. The van der Waals surface area contributed by atoms with Gasteiger partial charge in [0, 0.05) is 27.1 Å². The maximum Gasteiger partial charge on any atom is 0.332 e. The third kappa shape index (κ3) is 2.84. The molecule has 8 nitrogen and oxygen atoms in total. The number of piperidine rings is 1. The van der Waals surface area contributed by atoms with Crippen molar-refractivity contribution in [3.8, 4) is 0 Å². The van der Waals surface area contributed by atoms with Gasteiger partial charge in [0.1, 0.15) is 12.1 Å². The van der Waals surface area contributed by atoms with Gasteiger partial charge in [0.05, 0.1) is 12.9 Å². The molecule has 3 rings (SSSR count). The molecule has 1 aliphatic heterocycles. The van der Waals surface area contributed by atoms with E-state index in [2.05, 4.69) is 10.3 Å². The third-order valence-electron chi connectivity index (χ3n) is 4.82. The molecular weight excluding hydrogens is 298 g/mol. The van der Waals surface area contributed by atoms with Crippen molar-refractivity contribution in [3.05, 3.63) is 27.2 Å².